The highest BCUT2D eigenvalue weighted by atomic mass is 35.5. The molecule has 4 heteroatoms. The van der Waals surface area contributed by atoms with Gasteiger partial charge in [0.25, 0.3) is 0 Å². The first-order chi connectivity index (χ1) is 8.69. The number of hydrogen-bond donors (Lipinski definition) is 0. The number of pyridine rings is 1. The van der Waals surface area contributed by atoms with E-state index in [4.69, 9.17) is 27.9 Å². The van der Waals surface area contributed by atoms with Gasteiger partial charge in [0.1, 0.15) is 22.7 Å². The molecule has 18 heavy (non-hydrogen) atoms. The van der Waals surface area contributed by atoms with Crippen molar-refractivity contribution in [1.29, 1.82) is 0 Å². The smallest absolute Gasteiger partial charge is 0.137 e. The molecule has 0 aliphatic rings. The lowest BCUT2D eigenvalue weighted by atomic mass is 10.2. The number of nitrogens with zero attached hydrogens (tertiary/aromatic N) is 1. The van der Waals surface area contributed by atoms with E-state index in [1.54, 1.807) is 6.07 Å². The summed E-state index contributed by atoms with van der Waals surface area (Å²) in [5, 5.41) is 0.767. The summed E-state index contributed by atoms with van der Waals surface area (Å²) in [7, 11) is 0. The topological polar surface area (TPSA) is 22.1 Å². The molecular weight excluding hydrogens is 269 g/mol. The summed E-state index contributed by atoms with van der Waals surface area (Å²) in [5.74, 6) is 0.818. The zero-order valence-electron chi connectivity index (χ0n) is 9.99. The maximum Gasteiger partial charge on any atom is 0.137 e. The molecule has 0 radical (unpaired) electrons. The Morgan fingerprint density at radius 2 is 1.78 bits per heavy atom. The summed E-state index contributed by atoms with van der Waals surface area (Å²) < 4.78 is 5.64. The highest BCUT2D eigenvalue weighted by Gasteiger charge is 2.03. The molecule has 0 N–H and O–H groups in total. The first-order valence-electron chi connectivity index (χ1n) is 5.71. The van der Waals surface area contributed by atoms with E-state index in [0.29, 0.717) is 16.9 Å². The van der Waals surface area contributed by atoms with Crippen molar-refractivity contribution < 1.29 is 4.74 Å². The van der Waals surface area contributed by atoms with Crippen LogP contribution in [0, 0.1) is 0 Å². The molecule has 2 nitrogen and oxygen atoms in total. The predicted octanol–water partition coefficient (Wildman–Crippen LogP) is 4.53. The van der Waals surface area contributed by atoms with Crippen LogP contribution in [0.25, 0.3) is 0 Å². The minimum Gasteiger partial charge on any atom is -0.489 e. The van der Waals surface area contributed by atoms with Gasteiger partial charge in [0.05, 0.1) is 0 Å². The Bertz CT molecular complexity index is 526. The molecule has 2 aromatic rings. The van der Waals surface area contributed by atoms with Gasteiger partial charge in [-0.1, -0.05) is 42.3 Å². The van der Waals surface area contributed by atoms with Gasteiger partial charge in [0, 0.05) is 5.56 Å². The fraction of sp³-hybridized carbons (Fsp3) is 0.214. The average molecular weight is 282 g/mol. The number of hydrogen-bond acceptors (Lipinski definition) is 2. The van der Waals surface area contributed by atoms with Crippen molar-refractivity contribution in [1.82, 2.24) is 4.98 Å². The van der Waals surface area contributed by atoms with E-state index in [1.807, 2.05) is 18.2 Å². The lowest BCUT2D eigenvalue weighted by molar-refractivity contribution is 0.306. The minimum absolute atomic E-state index is 0.382. The third-order valence-electron chi connectivity index (χ3n) is 2.62. The second-order valence-corrected chi connectivity index (χ2v) is 4.62. The van der Waals surface area contributed by atoms with Crippen molar-refractivity contribution in [3.63, 3.8) is 0 Å². The van der Waals surface area contributed by atoms with Crippen LogP contribution in [0.2, 0.25) is 10.3 Å². The van der Waals surface area contributed by atoms with Gasteiger partial charge in [-0.25, -0.2) is 4.98 Å². The standard InChI is InChI=1S/C14H13Cl2NO/c1-2-10-3-6-12(7-4-10)18-9-11-5-8-13(15)17-14(11)16/h3-8H,2,9H2,1H3. The Hall–Kier alpha value is -1.25. The average Bonchev–Trinajstić information content (AvgIpc) is 2.38. The first kappa shape index (κ1) is 13.2. The van der Waals surface area contributed by atoms with Crippen molar-refractivity contribution >= 4 is 23.2 Å². The van der Waals surface area contributed by atoms with E-state index < -0.39 is 0 Å². The van der Waals surface area contributed by atoms with Gasteiger partial charge in [-0.15, -0.1) is 0 Å². The highest BCUT2D eigenvalue weighted by molar-refractivity contribution is 6.32. The van der Waals surface area contributed by atoms with Crippen LogP contribution in [0.4, 0.5) is 0 Å². The van der Waals surface area contributed by atoms with E-state index >= 15 is 0 Å². The zero-order chi connectivity index (χ0) is 13.0. The summed E-state index contributed by atoms with van der Waals surface area (Å²) in [5.41, 5.74) is 2.11. The second-order valence-electron chi connectivity index (χ2n) is 3.87. The molecule has 0 saturated carbocycles. The molecule has 0 aliphatic heterocycles. The molecule has 0 atom stereocenters. The van der Waals surface area contributed by atoms with Crippen molar-refractivity contribution in [3.05, 3.63) is 57.8 Å². The molecule has 0 unspecified atom stereocenters. The van der Waals surface area contributed by atoms with E-state index in [1.165, 1.54) is 5.56 Å². The van der Waals surface area contributed by atoms with E-state index in [9.17, 15) is 0 Å². The Morgan fingerprint density at radius 3 is 2.39 bits per heavy atom. The number of halogens is 2. The Balaban J connectivity index is 2.02. The van der Waals surface area contributed by atoms with Crippen LogP contribution in [0.1, 0.15) is 18.1 Å². The second kappa shape index (κ2) is 6.07. The summed E-state index contributed by atoms with van der Waals surface area (Å²) in [6, 6.07) is 11.5. The molecule has 0 spiro atoms. The molecule has 0 saturated heterocycles. The molecule has 2 rings (SSSR count). The predicted molar refractivity (Wildman–Crippen MR) is 74.4 cm³/mol. The highest BCUT2D eigenvalue weighted by Crippen LogP contribution is 2.19. The maximum absolute atomic E-state index is 5.97. The van der Waals surface area contributed by atoms with E-state index in [-0.39, 0.29) is 0 Å². The van der Waals surface area contributed by atoms with Crippen LogP contribution < -0.4 is 4.74 Å². The van der Waals surface area contributed by atoms with Gasteiger partial charge in [0.2, 0.25) is 0 Å². The van der Waals surface area contributed by atoms with E-state index in [0.717, 1.165) is 17.7 Å². The summed E-state index contributed by atoms with van der Waals surface area (Å²) in [6.45, 7) is 2.50. The molecular formula is C14H13Cl2NO. The Morgan fingerprint density at radius 1 is 1.06 bits per heavy atom. The van der Waals surface area contributed by atoms with Gasteiger partial charge in [-0.2, -0.15) is 0 Å². The van der Waals surface area contributed by atoms with Crippen molar-refractivity contribution in [2.75, 3.05) is 0 Å². The van der Waals surface area contributed by atoms with Gasteiger partial charge < -0.3 is 4.74 Å². The number of aromatic nitrogens is 1. The van der Waals surface area contributed by atoms with Crippen LogP contribution in [0.5, 0.6) is 5.75 Å². The quantitative estimate of drug-likeness (QED) is 0.768. The summed E-state index contributed by atoms with van der Waals surface area (Å²) >= 11 is 11.7. The largest absolute Gasteiger partial charge is 0.489 e. The molecule has 1 aromatic carbocycles. The van der Waals surface area contributed by atoms with Crippen LogP contribution in [0.15, 0.2) is 36.4 Å². The fourth-order valence-corrected chi connectivity index (χ4v) is 1.93. The van der Waals surface area contributed by atoms with Gasteiger partial charge in [0.15, 0.2) is 0 Å². The Labute approximate surface area is 117 Å². The SMILES string of the molecule is CCc1ccc(OCc2ccc(Cl)nc2Cl)cc1. The van der Waals surface area contributed by atoms with Gasteiger partial charge in [-0.05, 0) is 36.2 Å². The zero-order valence-corrected chi connectivity index (χ0v) is 11.5. The van der Waals surface area contributed by atoms with Crippen molar-refractivity contribution in [2.45, 2.75) is 20.0 Å². The third kappa shape index (κ3) is 3.37. The molecule has 0 amide bonds. The fourth-order valence-electron chi connectivity index (χ4n) is 1.53. The number of benzene rings is 1. The van der Waals surface area contributed by atoms with Gasteiger partial charge in [-0.3, -0.25) is 0 Å². The number of ether oxygens (including phenoxy) is 1. The Kier molecular flexibility index (Phi) is 4.45. The number of aryl methyl sites for hydroxylation is 1. The van der Waals surface area contributed by atoms with Crippen molar-refractivity contribution in [2.24, 2.45) is 0 Å². The van der Waals surface area contributed by atoms with Crippen LogP contribution in [0.3, 0.4) is 0 Å². The normalized spacial score (nSPS) is 10.4. The molecule has 0 aliphatic carbocycles. The monoisotopic (exact) mass is 281 g/mol. The molecule has 94 valence electrons. The lowest BCUT2D eigenvalue weighted by Gasteiger charge is -2.08. The van der Waals surface area contributed by atoms with Crippen LogP contribution in [-0.2, 0) is 13.0 Å². The first-order valence-corrected chi connectivity index (χ1v) is 6.47. The molecule has 1 heterocycles. The molecule has 0 bridgehead atoms. The minimum atomic E-state index is 0.382. The van der Waals surface area contributed by atoms with E-state index in [2.05, 4.69) is 24.0 Å². The number of rotatable bonds is 4. The third-order valence-corrected chi connectivity index (χ3v) is 3.16. The maximum atomic E-state index is 5.97. The van der Waals surface area contributed by atoms with Gasteiger partial charge >= 0.3 is 0 Å². The molecule has 1 aromatic heterocycles. The van der Waals surface area contributed by atoms with Crippen molar-refractivity contribution in [3.8, 4) is 5.75 Å². The summed E-state index contributed by atoms with van der Waals surface area (Å²) in [6.07, 6.45) is 1.02. The molecule has 0 fully saturated rings. The summed E-state index contributed by atoms with van der Waals surface area (Å²) in [4.78, 5) is 3.96. The van der Waals surface area contributed by atoms with Crippen LogP contribution in [-0.4, -0.2) is 4.98 Å². The van der Waals surface area contributed by atoms with Crippen LogP contribution >= 0.6 is 23.2 Å². The lowest BCUT2D eigenvalue weighted by Crippen LogP contribution is -1.97.